The van der Waals surface area contributed by atoms with Crippen LogP contribution in [0.15, 0.2) is 24.0 Å². The van der Waals surface area contributed by atoms with Crippen LogP contribution in [0.3, 0.4) is 0 Å². The molecule has 5 atom stereocenters. The lowest BCUT2D eigenvalue weighted by Gasteiger charge is -2.61. The van der Waals surface area contributed by atoms with Gasteiger partial charge < -0.3 is 29.3 Å². The molecular weight excluding hydrogens is 362 g/mol. The molecule has 1 aromatic rings. The Balaban J connectivity index is 1.72. The highest BCUT2D eigenvalue weighted by Gasteiger charge is 2.72. The van der Waals surface area contributed by atoms with Gasteiger partial charge >= 0.3 is 5.97 Å². The van der Waals surface area contributed by atoms with E-state index in [4.69, 9.17) is 14.2 Å². The van der Waals surface area contributed by atoms with E-state index >= 15 is 0 Å². The fraction of sp³-hybridized carbons (Fsp3) is 0.571. The molecule has 1 spiro atoms. The molecule has 0 aromatic heterocycles. The van der Waals surface area contributed by atoms with Crippen molar-refractivity contribution in [2.75, 3.05) is 20.7 Å². The maximum atomic E-state index is 12.1. The molecule has 28 heavy (non-hydrogen) atoms. The van der Waals surface area contributed by atoms with E-state index in [0.717, 1.165) is 24.1 Å². The number of rotatable bonds is 3. The second kappa shape index (κ2) is 5.72. The molecule has 0 saturated carbocycles. The first kappa shape index (κ1) is 18.0. The Hall–Kier alpha value is -2.09. The van der Waals surface area contributed by atoms with E-state index in [1.165, 1.54) is 6.92 Å². The van der Waals surface area contributed by atoms with E-state index in [9.17, 15) is 15.0 Å². The zero-order valence-electron chi connectivity index (χ0n) is 16.3. The number of piperidine rings is 1. The molecule has 4 aliphatic rings. The van der Waals surface area contributed by atoms with E-state index < -0.39 is 29.2 Å². The summed E-state index contributed by atoms with van der Waals surface area (Å²) < 4.78 is 17.4. The summed E-state index contributed by atoms with van der Waals surface area (Å²) in [5.74, 6) is 0.890. The van der Waals surface area contributed by atoms with Gasteiger partial charge in [0.15, 0.2) is 17.6 Å². The van der Waals surface area contributed by atoms with Gasteiger partial charge in [0.2, 0.25) is 0 Å². The molecule has 2 heterocycles. The van der Waals surface area contributed by atoms with Gasteiger partial charge in [-0.3, -0.25) is 0 Å². The van der Waals surface area contributed by atoms with E-state index in [-0.39, 0.29) is 6.04 Å². The number of benzene rings is 1. The minimum absolute atomic E-state index is 0.0514. The van der Waals surface area contributed by atoms with Crippen LogP contribution in [0.1, 0.15) is 30.9 Å². The number of carbonyl (C=O) groups excluding carboxylic acids is 1. The number of nitrogens with zero attached hydrogens (tertiary/aromatic N) is 1. The van der Waals surface area contributed by atoms with Crippen LogP contribution in [-0.4, -0.2) is 65.6 Å². The Morgan fingerprint density at radius 1 is 1.43 bits per heavy atom. The summed E-state index contributed by atoms with van der Waals surface area (Å²) in [4.78, 5) is 14.3. The van der Waals surface area contributed by atoms with E-state index in [1.807, 2.05) is 13.1 Å². The van der Waals surface area contributed by atoms with Crippen LogP contribution < -0.4 is 9.47 Å². The van der Waals surface area contributed by atoms with E-state index in [2.05, 4.69) is 11.0 Å². The number of likely N-dealkylation sites (tertiary alicyclic amines) is 1. The zero-order valence-corrected chi connectivity index (χ0v) is 16.3. The molecule has 7 nitrogen and oxygen atoms in total. The summed E-state index contributed by atoms with van der Waals surface area (Å²) in [6, 6.07) is 3.90. The number of ether oxygens (including phenoxy) is 3. The normalized spacial score (nSPS) is 36.1. The molecule has 1 fully saturated rings. The van der Waals surface area contributed by atoms with Crippen LogP contribution in [0.4, 0.5) is 0 Å². The van der Waals surface area contributed by atoms with Crippen molar-refractivity contribution in [2.45, 2.75) is 55.5 Å². The van der Waals surface area contributed by atoms with Crippen LogP contribution in [0.25, 0.3) is 0 Å². The highest BCUT2D eigenvalue weighted by atomic mass is 16.6. The van der Waals surface area contributed by atoms with Crippen LogP contribution >= 0.6 is 0 Å². The van der Waals surface area contributed by atoms with Gasteiger partial charge in [-0.2, -0.15) is 0 Å². The Morgan fingerprint density at radius 3 is 2.93 bits per heavy atom. The Bertz CT molecular complexity index is 895. The predicted octanol–water partition coefficient (Wildman–Crippen LogP) is 0.897. The van der Waals surface area contributed by atoms with Gasteiger partial charge in [-0.25, -0.2) is 4.79 Å². The van der Waals surface area contributed by atoms with Crippen molar-refractivity contribution in [3.05, 3.63) is 35.1 Å². The molecule has 150 valence electrons. The van der Waals surface area contributed by atoms with Crippen LogP contribution in [-0.2, 0) is 21.4 Å². The molecule has 1 saturated heterocycles. The quantitative estimate of drug-likeness (QED) is 0.745. The first-order chi connectivity index (χ1) is 13.3. The fourth-order valence-electron chi connectivity index (χ4n) is 5.79. The highest BCUT2D eigenvalue weighted by Crippen LogP contribution is 2.65. The van der Waals surface area contributed by atoms with Crippen molar-refractivity contribution in [3.63, 3.8) is 0 Å². The smallest absolute Gasteiger partial charge is 0.339 e. The summed E-state index contributed by atoms with van der Waals surface area (Å²) in [6.45, 7) is 2.18. The maximum Gasteiger partial charge on any atom is 0.339 e. The summed E-state index contributed by atoms with van der Waals surface area (Å²) in [5, 5.41) is 21.6. The van der Waals surface area contributed by atoms with Crippen molar-refractivity contribution in [1.29, 1.82) is 0 Å². The average molecular weight is 387 g/mol. The third-order valence-electron chi connectivity index (χ3n) is 7.12. The molecule has 0 amide bonds. The van der Waals surface area contributed by atoms with Crippen molar-refractivity contribution < 1.29 is 29.2 Å². The number of hydrogen-bond acceptors (Lipinski definition) is 7. The van der Waals surface area contributed by atoms with Gasteiger partial charge in [0.1, 0.15) is 11.9 Å². The van der Waals surface area contributed by atoms with Gasteiger partial charge in [-0.15, -0.1) is 0 Å². The molecule has 2 bridgehead atoms. The lowest BCUT2D eigenvalue weighted by Crippen LogP contribution is -2.74. The number of esters is 1. The van der Waals surface area contributed by atoms with Crippen LogP contribution in [0.5, 0.6) is 11.5 Å². The van der Waals surface area contributed by atoms with Crippen molar-refractivity contribution >= 4 is 5.97 Å². The number of hydrogen-bond donors (Lipinski definition) is 2. The van der Waals surface area contributed by atoms with E-state index in [1.54, 1.807) is 13.2 Å². The molecular formula is C21H25NO6. The minimum Gasteiger partial charge on any atom is -0.493 e. The monoisotopic (exact) mass is 387 g/mol. The molecule has 1 aromatic carbocycles. The summed E-state index contributed by atoms with van der Waals surface area (Å²) >= 11 is 0. The standard InChI is InChI=1S/C21H25NO6/c1-11(23)19(24)27-14-6-7-21(25)15-10-12-4-5-13(26-3)17-16(12)20(21,18(14)28-17)8-9-22(15)2/h4-6,11,15,18,23,25H,7-10H2,1-3H3/t11-,15?,18-,20-,21-/m0/s1. The van der Waals surface area contributed by atoms with Crippen molar-refractivity contribution in [3.8, 4) is 11.5 Å². The molecule has 2 aliphatic heterocycles. The molecule has 2 N–H and O–H groups in total. The average Bonchev–Trinajstić information content (AvgIpc) is 3.02. The Labute approximate surface area is 163 Å². The lowest BCUT2D eigenvalue weighted by atomic mass is 9.50. The molecule has 5 rings (SSSR count). The maximum absolute atomic E-state index is 12.1. The Morgan fingerprint density at radius 2 is 2.21 bits per heavy atom. The van der Waals surface area contributed by atoms with Gasteiger partial charge in [0.05, 0.1) is 18.1 Å². The fourth-order valence-corrected chi connectivity index (χ4v) is 5.79. The zero-order chi connectivity index (χ0) is 19.8. The van der Waals surface area contributed by atoms with Gasteiger partial charge in [-0.05, 0) is 51.1 Å². The number of methoxy groups -OCH3 is 1. The number of carbonyl (C=O) groups is 1. The molecule has 0 radical (unpaired) electrons. The number of likely N-dealkylation sites (N-methyl/N-ethyl adjacent to an activating group) is 1. The molecule has 1 unspecified atom stereocenters. The second-order valence-electron chi connectivity index (χ2n) is 8.38. The predicted molar refractivity (Wildman–Crippen MR) is 99.2 cm³/mol. The first-order valence-electron chi connectivity index (χ1n) is 9.73. The Kier molecular flexibility index (Phi) is 3.67. The van der Waals surface area contributed by atoms with Crippen LogP contribution in [0, 0.1) is 0 Å². The van der Waals surface area contributed by atoms with Crippen molar-refractivity contribution in [1.82, 2.24) is 4.90 Å². The highest BCUT2D eigenvalue weighted by molar-refractivity contribution is 5.75. The minimum atomic E-state index is -1.23. The molecule has 2 aliphatic carbocycles. The van der Waals surface area contributed by atoms with Crippen molar-refractivity contribution in [2.24, 2.45) is 0 Å². The summed E-state index contributed by atoms with van der Waals surface area (Å²) in [6.07, 6.45) is 1.66. The topological polar surface area (TPSA) is 88.5 Å². The summed E-state index contributed by atoms with van der Waals surface area (Å²) in [7, 11) is 3.64. The largest absolute Gasteiger partial charge is 0.493 e. The molecule has 7 heteroatoms. The number of aliphatic hydroxyl groups excluding tert-OH is 1. The van der Waals surface area contributed by atoms with Gasteiger partial charge in [-0.1, -0.05) is 6.07 Å². The number of aliphatic hydroxyl groups is 2. The first-order valence-corrected chi connectivity index (χ1v) is 9.73. The second-order valence-corrected chi connectivity index (χ2v) is 8.38. The summed E-state index contributed by atoms with van der Waals surface area (Å²) in [5.41, 5.74) is 0.394. The lowest BCUT2D eigenvalue weighted by molar-refractivity contribution is -0.171. The third kappa shape index (κ3) is 1.97. The third-order valence-corrected chi connectivity index (χ3v) is 7.12. The van der Waals surface area contributed by atoms with Crippen LogP contribution in [0.2, 0.25) is 0 Å². The van der Waals surface area contributed by atoms with Gasteiger partial charge in [0, 0.05) is 18.0 Å². The van der Waals surface area contributed by atoms with E-state index in [0.29, 0.717) is 30.1 Å². The SMILES string of the molecule is COc1ccc2c3c1O[C@H]1C(OC(=O)[C@H](C)O)=CC[C@]4(O)C(C2)N(C)CC[C@]314. The van der Waals surface area contributed by atoms with Gasteiger partial charge in [0.25, 0.3) is 0 Å².